The Labute approximate surface area is 82.3 Å². The maximum absolute atomic E-state index is 5.01. The van der Waals surface area contributed by atoms with Crippen LogP contribution in [0.15, 0.2) is 24.5 Å². The van der Waals surface area contributed by atoms with Gasteiger partial charge in [-0.2, -0.15) is 4.89 Å². The Morgan fingerprint density at radius 3 is 3.14 bits per heavy atom. The molecule has 76 valence electrons. The van der Waals surface area contributed by atoms with Crippen LogP contribution in [-0.4, -0.2) is 28.0 Å². The zero-order valence-electron chi connectivity index (χ0n) is 8.06. The molecule has 0 saturated carbocycles. The normalized spacial score (nSPS) is 15.1. The van der Waals surface area contributed by atoms with Crippen LogP contribution >= 0.6 is 0 Å². The molecule has 5 nitrogen and oxygen atoms in total. The monoisotopic (exact) mass is 195 g/mol. The van der Waals surface area contributed by atoms with Crippen molar-refractivity contribution in [1.82, 2.24) is 14.9 Å². The van der Waals surface area contributed by atoms with Crippen LogP contribution in [0.25, 0.3) is 0 Å². The Hall–Kier alpha value is -1.49. The van der Waals surface area contributed by atoms with Crippen molar-refractivity contribution in [3.63, 3.8) is 0 Å². The van der Waals surface area contributed by atoms with Crippen molar-refractivity contribution >= 4 is 0 Å². The van der Waals surface area contributed by atoms with Crippen molar-refractivity contribution < 1.29 is 9.78 Å². The minimum Gasteiger partial charge on any atom is -0.347 e. The van der Waals surface area contributed by atoms with E-state index in [1.807, 2.05) is 6.08 Å². The Morgan fingerprint density at radius 1 is 1.64 bits per heavy atom. The van der Waals surface area contributed by atoms with E-state index < -0.39 is 0 Å². The van der Waals surface area contributed by atoms with Gasteiger partial charge in [-0.15, -0.1) is 0 Å². The molecule has 0 bridgehead atoms. The highest BCUT2D eigenvalue weighted by atomic mass is 17.2. The number of aromatic nitrogens is 2. The van der Waals surface area contributed by atoms with Gasteiger partial charge in [0.1, 0.15) is 6.61 Å². The summed E-state index contributed by atoms with van der Waals surface area (Å²) in [5.74, 6) is 0.780. The molecule has 1 aliphatic rings. The minimum absolute atomic E-state index is 0.523. The van der Waals surface area contributed by atoms with Crippen LogP contribution in [0.2, 0.25) is 0 Å². The molecular formula is C9H13N3O2. The first-order valence-corrected chi connectivity index (χ1v) is 4.62. The van der Waals surface area contributed by atoms with Gasteiger partial charge in [0, 0.05) is 18.8 Å². The number of aromatic amines is 1. The Bertz CT molecular complexity index is 308. The second-order valence-electron chi connectivity index (χ2n) is 3.00. The molecular weight excluding hydrogens is 182 g/mol. The van der Waals surface area contributed by atoms with Gasteiger partial charge in [0.25, 0.3) is 0 Å². The van der Waals surface area contributed by atoms with Crippen molar-refractivity contribution in [3.8, 4) is 0 Å². The summed E-state index contributed by atoms with van der Waals surface area (Å²) < 4.78 is 0. The van der Waals surface area contributed by atoms with Gasteiger partial charge in [-0.05, 0) is 6.92 Å². The average molecular weight is 195 g/mol. The molecule has 0 amide bonds. The maximum Gasteiger partial charge on any atom is 0.231 e. The van der Waals surface area contributed by atoms with Crippen molar-refractivity contribution in [3.05, 3.63) is 30.2 Å². The molecule has 14 heavy (non-hydrogen) atoms. The Morgan fingerprint density at radius 2 is 2.57 bits per heavy atom. The van der Waals surface area contributed by atoms with Gasteiger partial charge < -0.3 is 14.8 Å². The van der Waals surface area contributed by atoms with Crippen LogP contribution in [0.4, 0.5) is 0 Å². The number of H-pyrrole nitrogens is 1. The molecule has 0 fully saturated rings. The fourth-order valence-electron chi connectivity index (χ4n) is 1.34. The number of nitrogens with one attached hydrogen (secondary N) is 1. The van der Waals surface area contributed by atoms with Crippen molar-refractivity contribution in [2.45, 2.75) is 13.5 Å². The van der Waals surface area contributed by atoms with E-state index in [0.29, 0.717) is 6.61 Å². The van der Waals surface area contributed by atoms with Gasteiger partial charge in [0.05, 0.1) is 18.6 Å². The van der Waals surface area contributed by atoms with Gasteiger partial charge in [0.15, 0.2) is 0 Å². The second-order valence-corrected chi connectivity index (χ2v) is 3.00. The van der Waals surface area contributed by atoms with E-state index in [4.69, 9.17) is 9.78 Å². The third-order valence-electron chi connectivity index (χ3n) is 2.08. The van der Waals surface area contributed by atoms with Gasteiger partial charge >= 0.3 is 0 Å². The average Bonchev–Trinajstić information content (AvgIpc) is 2.86. The zero-order valence-corrected chi connectivity index (χ0v) is 8.06. The van der Waals surface area contributed by atoms with Crippen LogP contribution in [0.5, 0.6) is 0 Å². The molecule has 0 spiro atoms. The van der Waals surface area contributed by atoms with E-state index >= 15 is 0 Å². The summed E-state index contributed by atoms with van der Waals surface area (Å²) in [6.07, 6.45) is 5.39. The lowest BCUT2D eigenvalue weighted by Crippen LogP contribution is -2.22. The molecule has 1 aliphatic heterocycles. The van der Waals surface area contributed by atoms with E-state index in [-0.39, 0.29) is 0 Å². The fourth-order valence-corrected chi connectivity index (χ4v) is 1.34. The summed E-state index contributed by atoms with van der Waals surface area (Å²) in [4.78, 5) is 18.9. The first kappa shape index (κ1) is 9.08. The molecule has 0 atom stereocenters. The van der Waals surface area contributed by atoms with Gasteiger partial charge in [-0.25, -0.2) is 4.98 Å². The zero-order chi connectivity index (χ0) is 9.80. The van der Waals surface area contributed by atoms with E-state index in [1.54, 1.807) is 12.5 Å². The lowest BCUT2D eigenvalue weighted by molar-refractivity contribution is -0.249. The van der Waals surface area contributed by atoms with Gasteiger partial charge in [-0.1, -0.05) is 0 Å². The molecule has 0 aliphatic carbocycles. The highest BCUT2D eigenvalue weighted by molar-refractivity contribution is 5.00. The van der Waals surface area contributed by atoms with E-state index in [0.717, 1.165) is 24.7 Å². The number of hydrogen-bond acceptors (Lipinski definition) is 4. The smallest absolute Gasteiger partial charge is 0.231 e. The summed E-state index contributed by atoms with van der Waals surface area (Å²) in [6, 6.07) is 0. The molecule has 0 saturated heterocycles. The molecule has 0 unspecified atom stereocenters. The molecule has 0 aromatic carbocycles. The summed E-state index contributed by atoms with van der Waals surface area (Å²) in [5.41, 5.74) is 1.06. The van der Waals surface area contributed by atoms with E-state index in [9.17, 15) is 0 Å². The van der Waals surface area contributed by atoms with Crippen molar-refractivity contribution in [2.24, 2.45) is 0 Å². The number of rotatable bonds is 4. The molecule has 2 heterocycles. The van der Waals surface area contributed by atoms with E-state index in [2.05, 4.69) is 21.8 Å². The molecule has 1 aromatic rings. The first-order chi connectivity index (χ1) is 6.90. The predicted octanol–water partition coefficient (Wildman–Crippen LogP) is 1.03. The number of imidazole rings is 1. The summed E-state index contributed by atoms with van der Waals surface area (Å²) in [6.45, 7) is 4.22. The summed E-state index contributed by atoms with van der Waals surface area (Å²) >= 11 is 0. The van der Waals surface area contributed by atoms with Crippen LogP contribution in [0, 0.1) is 0 Å². The Kier molecular flexibility index (Phi) is 2.69. The highest BCUT2D eigenvalue weighted by Gasteiger charge is 2.15. The number of hydrogen-bond donors (Lipinski definition) is 1. The topological polar surface area (TPSA) is 50.4 Å². The SMILES string of the molecule is CCN(Cc1cnc[nH]1)C1=CCOO1. The van der Waals surface area contributed by atoms with Gasteiger partial charge in [0.2, 0.25) is 5.88 Å². The fraction of sp³-hybridized carbons (Fsp3) is 0.444. The van der Waals surface area contributed by atoms with E-state index in [1.165, 1.54) is 0 Å². The van der Waals surface area contributed by atoms with Crippen LogP contribution in [0.3, 0.4) is 0 Å². The third kappa shape index (κ3) is 1.88. The second kappa shape index (κ2) is 4.15. The quantitative estimate of drug-likeness (QED) is 0.729. The third-order valence-corrected chi connectivity index (χ3v) is 2.08. The highest BCUT2D eigenvalue weighted by Crippen LogP contribution is 2.14. The predicted molar refractivity (Wildman–Crippen MR) is 49.8 cm³/mol. The summed E-state index contributed by atoms with van der Waals surface area (Å²) in [5, 5.41) is 0. The molecule has 2 rings (SSSR count). The minimum atomic E-state index is 0.523. The largest absolute Gasteiger partial charge is 0.347 e. The first-order valence-electron chi connectivity index (χ1n) is 4.62. The summed E-state index contributed by atoms with van der Waals surface area (Å²) in [7, 11) is 0. The molecule has 0 radical (unpaired) electrons. The maximum atomic E-state index is 5.01. The number of nitrogens with zero attached hydrogens (tertiary/aromatic N) is 2. The lowest BCUT2D eigenvalue weighted by Gasteiger charge is -2.20. The van der Waals surface area contributed by atoms with Crippen molar-refractivity contribution in [2.75, 3.05) is 13.2 Å². The van der Waals surface area contributed by atoms with Crippen LogP contribution in [0.1, 0.15) is 12.6 Å². The molecule has 1 aromatic heterocycles. The van der Waals surface area contributed by atoms with Crippen LogP contribution in [-0.2, 0) is 16.3 Å². The Balaban J connectivity index is 1.99. The standard InChI is InChI=1S/C9H13N3O2/c1-2-12(9-3-4-13-14-9)6-8-5-10-7-11-8/h3,5,7H,2,4,6H2,1H3,(H,10,11). The molecule has 1 N–H and O–H groups in total. The lowest BCUT2D eigenvalue weighted by atomic mass is 10.4. The van der Waals surface area contributed by atoms with Crippen LogP contribution < -0.4 is 0 Å². The van der Waals surface area contributed by atoms with Crippen molar-refractivity contribution in [1.29, 1.82) is 0 Å². The molecule has 5 heteroatoms. The van der Waals surface area contributed by atoms with Gasteiger partial charge in [-0.3, -0.25) is 0 Å².